The third-order valence-corrected chi connectivity index (χ3v) is 4.10. The van der Waals surface area contributed by atoms with Crippen molar-refractivity contribution in [2.24, 2.45) is 5.92 Å². The predicted molar refractivity (Wildman–Crippen MR) is 75.0 cm³/mol. The van der Waals surface area contributed by atoms with Gasteiger partial charge in [0.25, 0.3) is 0 Å². The van der Waals surface area contributed by atoms with E-state index >= 15 is 0 Å². The molecule has 0 aromatic heterocycles. The van der Waals surface area contributed by atoms with Crippen molar-refractivity contribution in [3.05, 3.63) is 22.4 Å². The highest BCUT2D eigenvalue weighted by Gasteiger charge is 2.31. The topological polar surface area (TPSA) is 29.5 Å². The number of nitrogens with zero attached hydrogens (tertiary/aromatic N) is 1. The number of carbonyl (C=O) groups is 1. The summed E-state index contributed by atoms with van der Waals surface area (Å²) in [6.07, 6.45) is 0.474. The molecule has 1 amide bonds. The van der Waals surface area contributed by atoms with Crippen LogP contribution >= 0.6 is 28.6 Å². The molecule has 1 aromatic rings. The number of benzene rings is 1. The molecule has 1 saturated heterocycles. The molecule has 3 nitrogen and oxygen atoms in total. The molecule has 0 spiro atoms. The van der Waals surface area contributed by atoms with Crippen LogP contribution in [0.15, 0.2) is 16.6 Å². The van der Waals surface area contributed by atoms with Crippen LogP contribution in [0.5, 0.6) is 5.75 Å². The number of carbonyl (C=O) groups excluding carboxylic acids is 1. The van der Waals surface area contributed by atoms with Gasteiger partial charge in [-0.3, -0.25) is 4.79 Å². The van der Waals surface area contributed by atoms with Gasteiger partial charge in [-0.05, 0) is 33.7 Å². The number of amides is 1. The molecule has 6 heteroatoms. The van der Waals surface area contributed by atoms with Crippen molar-refractivity contribution >= 4 is 40.2 Å². The Morgan fingerprint density at radius 1 is 1.61 bits per heavy atom. The Hall–Kier alpha value is -0.750. The summed E-state index contributed by atoms with van der Waals surface area (Å²) in [5.74, 6) is 0.865. The van der Waals surface area contributed by atoms with Crippen molar-refractivity contribution in [1.82, 2.24) is 0 Å². The van der Waals surface area contributed by atoms with E-state index in [1.54, 1.807) is 11.0 Å². The zero-order valence-corrected chi connectivity index (χ0v) is 12.3. The first kappa shape index (κ1) is 13.7. The van der Waals surface area contributed by atoms with Crippen LogP contribution in [0.4, 0.5) is 10.1 Å². The van der Waals surface area contributed by atoms with Gasteiger partial charge in [0.1, 0.15) is 11.6 Å². The maximum absolute atomic E-state index is 13.4. The average molecular weight is 334 g/mol. The highest BCUT2D eigenvalue weighted by molar-refractivity contribution is 9.10. The molecule has 1 unspecified atom stereocenters. The minimum Gasteiger partial charge on any atom is -0.494 e. The number of methoxy groups -OCH3 is 1. The van der Waals surface area contributed by atoms with Crippen LogP contribution in [0.3, 0.4) is 0 Å². The van der Waals surface area contributed by atoms with Gasteiger partial charge >= 0.3 is 0 Å². The normalized spacial score (nSPS) is 19.4. The van der Waals surface area contributed by atoms with Gasteiger partial charge < -0.3 is 9.64 Å². The molecular formula is C12H13BrFNO2S. The first-order valence-corrected chi connectivity index (χ1v) is 6.93. The van der Waals surface area contributed by atoms with Gasteiger partial charge in [-0.2, -0.15) is 12.6 Å². The van der Waals surface area contributed by atoms with E-state index in [1.807, 2.05) is 0 Å². The molecule has 0 aliphatic carbocycles. The molecule has 1 aromatic carbocycles. The van der Waals surface area contributed by atoms with Crippen LogP contribution in [-0.2, 0) is 4.79 Å². The highest BCUT2D eigenvalue weighted by atomic mass is 79.9. The Morgan fingerprint density at radius 3 is 2.89 bits per heavy atom. The maximum Gasteiger partial charge on any atom is 0.227 e. The molecule has 18 heavy (non-hydrogen) atoms. The quantitative estimate of drug-likeness (QED) is 0.862. The molecule has 1 aliphatic heterocycles. The average Bonchev–Trinajstić information content (AvgIpc) is 2.73. The summed E-state index contributed by atoms with van der Waals surface area (Å²) < 4.78 is 18.9. The van der Waals surface area contributed by atoms with Crippen molar-refractivity contribution in [3.63, 3.8) is 0 Å². The SMILES string of the molecule is COc1cc(F)c(Br)cc1N1CC(CS)CC1=O. The molecule has 0 saturated carbocycles. The Morgan fingerprint density at radius 2 is 2.33 bits per heavy atom. The van der Waals surface area contributed by atoms with Crippen molar-refractivity contribution in [2.75, 3.05) is 24.3 Å². The van der Waals surface area contributed by atoms with E-state index in [9.17, 15) is 9.18 Å². The minimum absolute atomic E-state index is 0.0193. The fraction of sp³-hybridized carbons (Fsp3) is 0.417. The van der Waals surface area contributed by atoms with Gasteiger partial charge in [0, 0.05) is 19.0 Å². The molecule has 1 heterocycles. The Labute approximate surface area is 119 Å². The van der Waals surface area contributed by atoms with E-state index in [-0.39, 0.29) is 11.8 Å². The molecule has 0 bridgehead atoms. The van der Waals surface area contributed by atoms with Crippen LogP contribution in [-0.4, -0.2) is 25.3 Å². The van der Waals surface area contributed by atoms with Crippen LogP contribution in [0.2, 0.25) is 0 Å². The van der Waals surface area contributed by atoms with Crippen molar-refractivity contribution < 1.29 is 13.9 Å². The predicted octanol–water partition coefficient (Wildman–Crippen LogP) is 2.88. The molecule has 1 aliphatic rings. The molecular weight excluding hydrogens is 321 g/mol. The van der Waals surface area contributed by atoms with Crippen molar-refractivity contribution in [2.45, 2.75) is 6.42 Å². The Bertz CT molecular complexity index is 483. The maximum atomic E-state index is 13.4. The lowest BCUT2D eigenvalue weighted by Gasteiger charge is -2.20. The fourth-order valence-corrected chi connectivity index (χ4v) is 2.61. The van der Waals surface area contributed by atoms with Gasteiger partial charge in [-0.15, -0.1) is 0 Å². The van der Waals surface area contributed by atoms with Gasteiger partial charge in [0.2, 0.25) is 5.91 Å². The number of rotatable bonds is 3. The lowest BCUT2D eigenvalue weighted by atomic mass is 10.1. The second kappa shape index (κ2) is 5.48. The fourth-order valence-electron chi connectivity index (χ4n) is 2.03. The molecule has 98 valence electrons. The first-order valence-electron chi connectivity index (χ1n) is 5.51. The lowest BCUT2D eigenvalue weighted by Crippen LogP contribution is -2.25. The summed E-state index contributed by atoms with van der Waals surface area (Å²) in [5.41, 5.74) is 0.597. The number of thiol groups is 1. The third-order valence-electron chi connectivity index (χ3n) is 2.98. The summed E-state index contributed by atoms with van der Waals surface area (Å²) >= 11 is 7.34. The van der Waals surface area contributed by atoms with Gasteiger partial charge in [-0.25, -0.2) is 4.39 Å². The number of anilines is 1. The zero-order valence-electron chi connectivity index (χ0n) is 9.82. The number of ether oxygens (including phenoxy) is 1. The van der Waals surface area contributed by atoms with Crippen molar-refractivity contribution in [1.29, 1.82) is 0 Å². The number of hydrogen-bond acceptors (Lipinski definition) is 3. The third kappa shape index (κ3) is 2.49. The standard InChI is InChI=1S/C12H13BrFNO2S/c1-17-11-4-9(14)8(13)3-10(11)15-5-7(6-18)2-12(15)16/h3-4,7,18H,2,5-6H2,1H3. The molecule has 1 fully saturated rings. The van der Waals surface area contributed by atoms with Crippen molar-refractivity contribution in [3.8, 4) is 5.75 Å². The summed E-state index contributed by atoms with van der Waals surface area (Å²) in [7, 11) is 1.46. The summed E-state index contributed by atoms with van der Waals surface area (Å²) in [6, 6.07) is 2.85. The van der Waals surface area contributed by atoms with E-state index in [0.29, 0.717) is 34.6 Å². The summed E-state index contributed by atoms with van der Waals surface area (Å²) in [4.78, 5) is 13.6. The molecule has 2 rings (SSSR count). The van der Waals surface area contributed by atoms with E-state index in [2.05, 4.69) is 28.6 Å². The second-order valence-corrected chi connectivity index (χ2v) is 5.41. The van der Waals surface area contributed by atoms with E-state index in [1.165, 1.54) is 13.2 Å². The highest BCUT2D eigenvalue weighted by Crippen LogP contribution is 2.36. The number of halogens is 2. The van der Waals surface area contributed by atoms with Crippen LogP contribution < -0.4 is 9.64 Å². The van der Waals surface area contributed by atoms with Crippen LogP contribution in [0, 0.1) is 11.7 Å². The molecule has 0 radical (unpaired) electrons. The first-order chi connectivity index (χ1) is 8.56. The second-order valence-electron chi connectivity index (χ2n) is 4.20. The lowest BCUT2D eigenvalue weighted by molar-refractivity contribution is -0.117. The van der Waals surface area contributed by atoms with Crippen LogP contribution in [0.1, 0.15) is 6.42 Å². The molecule has 1 atom stereocenters. The summed E-state index contributed by atoms with van der Waals surface area (Å²) in [6.45, 7) is 0.594. The van der Waals surface area contributed by atoms with E-state index in [4.69, 9.17) is 4.74 Å². The van der Waals surface area contributed by atoms with Gasteiger partial charge in [-0.1, -0.05) is 0 Å². The van der Waals surface area contributed by atoms with Gasteiger partial charge in [0.05, 0.1) is 17.3 Å². The number of hydrogen-bond donors (Lipinski definition) is 1. The largest absolute Gasteiger partial charge is 0.494 e. The van der Waals surface area contributed by atoms with Gasteiger partial charge in [0.15, 0.2) is 0 Å². The monoisotopic (exact) mass is 333 g/mol. The Kier molecular flexibility index (Phi) is 4.17. The Balaban J connectivity index is 2.38. The van der Waals surface area contributed by atoms with E-state index in [0.717, 1.165) is 0 Å². The smallest absolute Gasteiger partial charge is 0.227 e. The minimum atomic E-state index is -0.409. The zero-order chi connectivity index (χ0) is 13.3. The van der Waals surface area contributed by atoms with Crippen LogP contribution in [0.25, 0.3) is 0 Å². The summed E-state index contributed by atoms with van der Waals surface area (Å²) in [5, 5.41) is 0. The van der Waals surface area contributed by atoms with E-state index < -0.39 is 5.82 Å². The molecule has 0 N–H and O–H groups in total.